The van der Waals surface area contributed by atoms with Gasteiger partial charge in [-0.3, -0.25) is 0 Å². The zero-order chi connectivity index (χ0) is 10.3. The molecule has 0 spiro atoms. The molecule has 1 heterocycles. The molecule has 0 unspecified atom stereocenters. The summed E-state index contributed by atoms with van der Waals surface area (Å²) >= 11 is 6.17. The van der Waals surface area contributed by atoms with Gasteiger partial charge < -0.3 is 9.67 Å². The monoisotopic (exact) mass is 209 g/mol. The Hall–Kier alpha value is -1.15. The van der Waals surface area contributed by atoms with Gasteiger partial charge in [-0.05, 0) is 37.6 Å². The van der Waals surface area contributed by atoms with E-state index in [1.807, 2.05) is 17.6 Å². The number of phenols is 1. The summed E-state index contributed by atoms with van der Waals surface area (Å²) in [7, 11) is 0. The zero-order valence-corrected chi connectivity index (χ0v) is 8.97. The van der Waals surface area contributed by atoms with E-state index in [9.17, 15) is 5.11 Å². The first kappa shape index (κ1) is 9.41. The molecule has 2 aromatic rings. The van der Waals surface area contributed by atoms with Crippen LogP contribution >= 0.6 is 11.6 Å². The van der Waals surface area contributed by atoms with Gasteiger partial charge in [0.15, 0.2) is 0 Å². The van der Waals surface area contributed by atoms with Crippen molar-refractivity contribution in [3.8, 4) is 5.75 Å². The van der Waals surface area contributed by atoms with Crippen molar-refractivity contribution in [2.75, 3.05) is 0 Å². The second kappa shape index (κ2) is 3.21. The highest BCUT2D eigenvalue weighted by molar-refractivity contribution is 6.32. The van der Waals surface area contributed by atoms with Crippen molar-refractivity contribution < 1.29 is 5.11 Å². The lowest BCUT2D eigenvalue weighted by Crippen LogP contribution is -1.92. The number of hydrogen-bond donors (Lipinski definition) is 1. The quantitative estimate of drug-likeness (QED) is 0.766. The molecular formula is C11H12ClNO. The summed E-state index contributed by atoms with van der Waals surface area (Å²) in [5.74, 6) is 0.283. The lowest BCUT2D eigenvalue weighted by molar-refractivity contribution is 0.476. The number of benzene rings is 1. The Bertz CT molecular complexity index is 487. The Morgan fingerprint density at radius 1 is 1.43 bits per heavy atom. The maximum absolute atomic E-state index is 9.38. The standard InChI is InChI=1S/C11H12ClNO/c1-3-13-10-5-4-8(14)6-9(10)7(2)11(13)12/h4-6,14H,3H2,1-2H3. The SMILES string of the molecule is CCn1c(Cl)c(C)c2cc(O)ccc21. The number of aromatic hydroxyl groups is 1. The summed E-state index contributed by atoms with van der Waals surface area (Å²) in [6, 6.07) is 5.33. The van der Waals surface area contributed by atoms with Crippen molar-refractivity contribution in [2.45, 2.75) is 20.4 Å². The van der Waals surface area contributed by atoms with Crippen LogP contribution < -0.4 is 0 Å². The van der Waals surface area contributed by atoms with Gasteiger partial charge in [-0.25, -0.2) is 0 Å². The maximum Gasteiger partial charge on any atom is 0.116 e. The molecule has 0 radical (unpaired) electrons. The number of fused-ring (bicyclic) bond motifs is 1. The van der Waals surface area contributed by atoms with Gasteiger partial charge in [0.2, 0.25) is 0 Å². The minimum absolute atomic E-state index is 0.283. The van der Waals surface area contributed by atoms with Crippen LogP contribution in [0.3, 0.4) is 0 Å². The second-order valence-electron chi connectivity index (χ2n) is 3.36. The number of rotatable bonds is 1. The van der Waals surface area contributed by atoms with Crippen LogP contribution in [0.25, 0.3) is 10.9 Å². The molecular weight excluding hydrogens is 198 g/mol. The van der Waals surface area contributed by atoms with E-state index in [-0.39, 0.29) is 5.75 Å². The normalized spacial score (nSPS) is 11.1. The maximum atomic E-state index is 9.38. The van der Waals surface area contributed by atoms with Crippen molar-refractivity contribution in [3.63, 3.8) is 0 Å². The van der Waals surface area contributed by atoms with Gasteiger partial charge in [0.25, 0.3) is 0 Å². The highest BCUT2D eigenvalue weighted by Gasteiger charge is 2.11. The van der Waals surface area contributed by atoms with Crippen LogP contribution in [0.15, 0.2) is 18.2 Å². The van der Waals surface area contributed by atoms with E-state index in [1.165, 1.54) is 0 Å². The first-order valence-corrected chi connectivity index (χ1v) is 5.00. The van der Waals surface area contributed by atoms with Gasteiger partial charge in [0, 0.05) is 17.4 Å². The van der Waals surface area contributed by atoms with Crippen LogP contribution in [0.4, 0.5) is 0 Å². The number of nitrogens with zero attached hydrogens (tertiary/aromatic N) is 1. The Morgan fingerprint density at radius 2 is 2.14 bits per heavy atom. The van der Waals surface area contributed by atoms with E-state index < -0.39 is 0 Å². The molecule has 0 aliphatic heterocycles. The van der Waals surface area contributed by atoms with Crippen molar-refractivity contribution >= 4 is 22.5 Å². The van der Waals surface area contributed by atoms with Gasteiger partial charge in [-0.2, -0.15) is 0 Å². The molecule has 0 bridgehead atoms. The number of phenolic OH excluding ortho intramolecular Hbond substituents is 1. The fourth-order valence-electron chi connectivity index (χ4n) is 1.79. The average Bonchev–Trinajstić information content (AvgIpc) is 2.41. The summed E-state index contributed by atoms with van der Waals surface area (Å²) in [4.78, 5) is 0. The molecule has 0 saturated heterocycles. The number of aryl methyl sites for hydroxylation is 2. The topological polar surface area (TPSA) is 25.2 Å². The molecule has 1 aromatic carbocycles. The Balaban J connectivity index is 2.88. The predicted octanol–water partition coefficient (Wildman–Crippen LogP) is 3.33. The molecule has 2 nitrogen and oxygen atoms in total. The van der Waals surface area contributed by atoms with E-state index in [1.54, 1.807) is 12.1 Å². The van der Waals surface area contributed by atoms with E-state index in [0.717, 1.165) is 28.2 Å². The second-order valence-corrected chi connectivity index (χ2v) is 3.72. The highest BCUT2D eigenvalue weighted by Crippen LogP contribution is 2.31. The molecule has 0 atom stereocenters. The fourth-order valence-corrected chi connectivity index (χ4v) is 2.10. The molecule has 0 amide bonds. The van der Waals surface area contributed by atoms with Crippen LogP contribution in [0.2, 0.25) is 5.15 Å². The molecule has 0 aliphatic carbocycles. The zero-order valence-electron chi connectivity index (χ0n) is 8.21. The molecule has 1 aromatic heterocycles. The van der Waals surface area contributed by atoms with Crippen molar-refractivity contribution in [3.05, 3.63) is 28.9 Å². The van der Waals surface area contributed by atoms with Gasteiger partial charge in [-0.15, -0.1) is 0 Å². The third kappa shape index (κ3) is 1.18. The summed E-state index contributed by atoms with van der Waals surface area (Å²) in [6.45, 7) is 4.86. The van der Waals surface area contributed by atoms with Crippen LogP contribution in [-0.4, -0.2) is 9.67 Å². The van der Waals surface area contributed by atoms with Gasteiger partial charge in [-0.1, -0.05) is 11.6 Å². The predicted molar refractivity (Wildman–Crippen MR) is 59.0 cm³/mol. The van der Waals surface area contributed by atoms with Crippen molar-refractivity contribution in [1.29, 1.82) is 0 Å². The number of hydrogen-bond acceptors (Lipinski definition) is 1. The van der Waals surface area contributed by atoms with E-state index >= 15 is 0 Å². The minimum Gasteiger partial charge on any atom is -0.508 e. The average molecular weight is 210 g/mol. The molecule has 2 rings (SSSR count). The van der Waals surface area contributed by atoms with Crippen LogP contribution in [0.5, 0.6) is 5.75 Å². The van der Waals surface area contributed by atoms with E-state index in [4.69, 9.17) is 11.6 Å². The summed E-state index contributed by atoms with van der Waals surface area (Å²) in [6.07, 6.45) is 0. The molecule has 0 fully saturated rings. The molecule has 0 saturated carbocycles. The minimum atomic E-state index is 0.283. The molecule has 0 aliphatic rings. The van der Waals surface area contributed by atoms with Crippen LogP contribution in [0.1, 0.15) is 12.5 Å². The summed E-state index contributed by atoms with van der Waals surface area (Å²) in [5, 5.41) is 11.2. The lowest BCUT2D eigenvalue weighted by Gasteiger charge is -2.01. The van der Waals surface area contributed by atoms with Gasteiger partial charge in [0.05, 0.1) is 0 Å². The molecule has 3 heteroatoms. The third-order valence-corrected chi connectivity index (χ3v) is 3.03. The van der Waals surface area contributed by atoms with Crippen molar-refractivity contribution in [1.82, 2.24) is 4.57 Å². The largest absolute Gasteiger partial charge is 0.508 e. The fraction of sp³-hybridized carbons (Fsp3) is 0.273. The Kier molecular flexibility index (Phi) is 2.16. The Labute approximate surface area is 87.7 Å². The molecule has 14 heavy (non-hydrogen) atoms. The molecule has 74 valence electrons. The van der Waals surface area contributed by atoms with Gasteiger partial charge in [0.1, 0.15) is 10.9 Å². The summed E-state index contributed by atoms with van der Waals surface area (Å²) < 4.78 is 2.03. The third-order valence-electron chi connectivity index (χ3n) is 2.54. The number of aromatic nitrogens is 1. The highest BCUT2D eigenvalue weighted by atomic mass is 35.5. The van der Waals surface area contributed by atoms with Crippen molar-refractivity contribution in [2.24, 2.45) is 0 Å². The van der Waals surface area contributed by atoms with Gasteiger partial charge >= 0.3 is 0 Å². The molecule has 1 N–H and O–H groups in total. The lowest BCUT2D eigenvalue weighted by atomic mass is 10.2. The Morgan fingerprint density at radius 3 is 2.79 bits per heavy atom. The smallest absolute Gasteiger partial charge is 0.116 e. The van der Waals surface area contributed by atoms with E-state index in [0.29, 0.717) is 0 Å². The van der Waals surface area contributed by atoms with Crippen LogP contribution in [-0.2, 0) is 6.54 Å². The first-order valence-electron chi connectivity index (χ1n) is 4.62. The first-order chi connectivity index (χ1) is 6.65. The van der Waals surface area contributed by atoms with Crippen LogP contribution in [0, 0.1) is 6.92 Å². The number of halogens is 1. The summed E-state index contributed by atoms with van der Waals surface area (Å²) in [5.41, 5.74) is 2.10. The van der Waals surface area contributed by atoms with E-state index in [2.05, 4.69) is 6.92 Å².